The summed E-state index contributed by atoms with van der Waals surface area (Å²) in [7, 11) is 0. The molecule has 2 saturated carbocycles. The second-order valence-electron chi connectivity index (χ2n) is 6.65. The summed E-state index contributed by atoms with van der Waals surface area (Å²) in [6.07, 6.45) is 11.8. The molecule has 0 amide bonds. The van der Waals surface area contributed by atoms with Gasteiger partial charge in [-0.3, -0.25) is 0 Å². The molecule has 4 rings (SSSR count). The number of anilines is 1. The average Bonchev–Trinajstić information content (AvgIpc) is 3.22. The molecule has 3 aliphatic rings. The van der Waals surface area contributed by atoms with Crippen LogP contribution in [-0.4, -0.2) is 28.2 Å². The fourth-order valence-electron chi connectivity index (χ4n) is 3.72. The van der Waals surface area contributed by atoms with Gasteiger partial charge in [0.1, 0.15) is 11.6 Å². The number of aromatic nitrogens is 2. The van der Waals surface area contributed by atoms with Crippen LogP contribution in [0.25, 0.3) is 0 Å². The largest absolute Gasteiger partial charge is 0.375 e. The predicted molar refractivity (Wildman–Crippen MR) is 77.8 cm³/mol. The molecule has 0 radical (unpaired) electrons. The lowest BCUT2D eigenvalue weighted by atomic mass is 9.89. The Bertz CT molecular complexity index is 480. The maximum absolute atomic E-state index is 6.09. The number of nitrogens with zero attached hydrogens (tertiary/aromatic N) is 2. The second kappa shape index (κ2) is 4.99. The SMILES string of the molecule is c1cc(NC2CCOC3(CCCC3)C2)nc(C2CC2)n1. The molecule has 3 fully saturated rings. The normalized spacial score (nSPS) is 28.7. The summed E-state index contributed by atoms with van der Waals surface area (Å²) in [6, 6.07) is 2.51. The van der Waals surface area contributed by atoms with Crippen molar-refractivity contribution in [1.29, 1.82) is 0 Å². The van der Waals surface area contributed by atoms with Crippen LogP contribution in [0.1, 0.15) is 63.1 Å². The minimum atomic E-state index is 0.169. The summed E-state index contributed by atoms with van der Waals surface area (Å²) in [4.78, 5) is 9.07. The fourth-order valence-corrected chi connectivity index (χ4v) is 3.72. The summed E-state index contributed by atoms with van der Waals surface area (Å²) < 4.78 is 6.09. The quantitative estimate of drug-likeness (QED) is 0.918. The van der Waals surface area contributed by atoms with Crippen LogP contribution >= 0.6 is 0 Å². The Morgan fingerprint density at radius 2 is 2.05 bits per heavy atom. The Hall–Kier alpha value is -1.16. The van der Waals surface area contributed by atoms with Crippen LogP contribution in [0.3, 0.4) is 0 Å². The summed E-state index contributed by atoms with van der Waals surface area (Å²) in [5, 5.41) is 3.62. The topological polar surface area (TPSA) is 47.0 Å². The summed E-state index contributed by atoms with van der Waals surface area (Å²) in [6.45, 7) is 0.887. The van der Waals surface area contributed by atoms with Crippen LogP contribution < -0.4 is 5.32 Å². The maximum atomic E-state index is 6.09. The lowest BCUT2D eigenvalue weighted by molar-refractivity contribution is -0.0767. The van der Waals surface area contributed by atoms with Gasteiger partial charge in [-0.15, -0.1) is 0 Å². The van der Waals surface area contributed by atoms with E-state index in [1.807, 2.05) is 12.3 Å². The molecule has 20 heavy (non-hydrogen) atoms. The van der Waals surface area contributed by atoms with E-state index in [4.69, 9.17) is 4.74 Å². The van der Waals surface area contributed by atoms with Gasteiger partial charge >= 0.3 is 0 Å². The van der Waals surface area contributed by atoms with Crippen LogP contribution in [-0.2, 0) is 4.74 Å². The molecule has 1 unspecified atom stereocenters. The molecule has 1 N–H and O–H groups in total. The third kappa shape index (κ3) is 2.53. The molecule has 1 aliphatic heterocycles. The van der Waals surface area contributed by atoms with Crippen LogP contribution in [0.5, 0.6) is 0 Å². The van der Waals surface area contributed by atoms with Gasteiger partial charge in [0.05, 0.1) is 5.60 Å². The molecule has 1 aromatic rings. The lowest BCUT2D eigenvalue weighted by Gasteiger charge is -2.38. The van der Waals surface area contributed by atoms with E-state index in [9.17, 15) is 0 Å². The second-order valence-corrected chi connectivity index (χ2v) is 6.65. The Kier molecular flexibility index (Phi) is 3.14. The molecule has 2 heterocycles. The van der Waals surface area contributed by atoms with Crippen LogP contribution in [0.15, 0.2) is 12.3 Å². The summed E-state index contributed by atoms with van der Waals surface area (Å²) in [5.74, 6) is 2.65. The Morgan fingerprint density at radius 3 is 2.85 bits per heavy atom. The zero-order chi connectivity index (χ0) is 13.4. The molecule has 1 atom stereocenters. The molecule has 1 aromatic heterocycles. The Balaban J connectivity index is 1.44. The van der Waals surface area contributed by atoms with Gasteiger partial charge in [-0.2, -0.15) is 0 Å². The molecule has 0 aromatic carbocycles. The van der Waals surface area contributed by atoms with Gasteiger partial charge in [-0.25, -0.2) is 9.97 Å². The standard InChI is InChI=1S/C16H23N3O/c1-2-8-16(7-1)11-13(6-10-20-16)18-14-5-9-17-15(19-14)12-3-4-12/h5,9,12-13H,1-4,6-8,10-11H2,(H,17,18,19). The highest BCUT2D eigenvalue weighted by Gasteiger charge is 2.40. The molecular weight excluding hydrogens is 250 g/mol. The van der Waals surface area contributed by atoms with E-state index in [-0.39, 0.29) is 5.60 Å². The molecule has 4 heteroatoms. The molecule has 0 bridgehead atoms. The van der Waals surface area contributed by atoms with Crippen molar-refractivity contribution in [3.8, 4) is 0 Å². The smallest absolute Gasteiger partial charge is 0.133 e. The first-order valence-corrected chi connectivity index (χ1v) is 8.06. The highest BCUT2D eigenvalue weighted by atomic mass is 16.5. The Labute approximate surface area is 120 Å². The molecule has 1 spiro atoms. The first kappa shape index (κ1) is 12.6. The van der Waals surface area contributed by atoms with E-state index in [0.717, 1.165) is 31.1 Å². The van der Waals surface area contributed by atoms with E-state index in [1.165, 1.54) is 38.5 Å². The van der Waals surface area contributed by atoms with E-state index in [0.29, 0.717) is 12.0 Å². The van der Waals surface area contributed by atoms with Gasteiger partial charge in [0, 0.05) is 24.8 Å². The van der Waals surface area contributed by atoms with Crippen molar-refractivity contribution in [2.24, 2.45) is 0 Å². The molecular formula is C16H23N3O. The molecule has 1 saturated heterocycles. The number of ether oxygens (including phenoxy) is 1. The van der Waals surface area contributed by atoms with E-state index in [1.54, 1.807) is 0 Å². The van der Waals surface area contributed by atoms with Crippen molar-refractivity contribution < 1.29 is 4.74 Å². The van der Waals surface area contributed by atoms with Crippen molar-refractivity contribution in [3.63, 3.8) is 0 Å². The maximum Gasteiger partial charge on any atom is 0.133 e. The fraction of sp³-hybridized carbons (Fsp3) is 0.750. The van der Waals surface area contributed by atoms with Gasteiger partial charge in [-0.05, 0) is 44.6 Å². The van der Waals surface area contributed by atoms with E-state index < -0.39 is 0 Å². The number of nitrogens with one attached hydrogen (secondary N) is 1. The number of hydrogen-bond acceptors (Lipinski definition) is 4. The third-order valence-electron chi connectivity index (χ3n) is 4.98. The van der Waals surface area contributed by atoms with Crippen molar-refractivity contribution in [3.05, 3.63) is 18.1 Å². The number of rotatable bonds is 3. The zero-order valence-electron chi connectivity index (χ0n) is 12.0. The number of hydrogen-bond donors (Lipinski definition) is 1. The van der Waals surface area contributed by atoms with E-state index >= 15 is 0 Å². The Morgan fingerprint density at radius 1 is 1.20 bits per heavy atom. The summed E-state index contributed by atoms with van der Waals surface area (Å²) in [5.41, 5.74) is 0.169. The minimum Gasteiger partial charge on any atom is -0.375 e. The van der Waals surface area contributed by atoms with Crippen LogP contribution in [0, 0.1) is 0 Å². The van der Waals surface area contributed by atoms with Gasteiger partial charge in [0.25, 0.3) is 0 Å². The van der Waals surface area contributed by atoms with E-state index in [2.05, 4.69) is 15.3 Å². The summed E-state index contributed by atoms with van der Waals surface area (Å²) >= 11 is 0. The predicted octanol–water partition coefficient (Wildman–Crippen LogP) is 3.26. The third-order valence-corrected chi connectivity index (χ3v) is 4.98. The molecule has 2 aliphatic carbocycles. The molecule has 4 nitrogen and oxygen atoms in total. The zero-order valence-corrected chi connectivity index (χ0v) is 12.0. The van der Waals surface area contributed by atoms with Crippen molar-refractivity contribution >= 4 is 5.82 Å². The van der Waals surface area contributed by atoms with Gasteiger partial charge in [0.2, 0.25) is 0 Å². The van der Waals surface area contributed by atoms with Crippen molar-refractivity contribution in [1.82, 2.24) is 9.97 Å². The van der Waals surface area contributed by atoms with Crippen molar-refractivity contribution in [2.45, 2.75) is 68.9 Å². The highest BCUT2D eigenvalue weighted by molar-refractivity contribution is 5.35. The lowest BCUT2D eigenvalue weighted by Crippen LogP contribution is -2.42. The average molecular weight is 273 g/mol. The minimum absolute atomic E-state index is 0.169. The highest BCUT2D eigenvalue weighted by Crippen LogP contribution is 2.41. The molecule has 108 valence electrons. The monoisotopic (exact) mass is 273 g/mol. The first-order chi connectivity index (χ1) is 9.83. The van der Waals surface area contributed by atoms with Gasteiger partial charge in [0.15, 0.2) is 0 Å². The van der Waals surface area contributed by atoms with Gasteiger partial charge in [-0.1, -0.05) is 12.8 Å². The first-order valence-electron chi connectivity index (χ1n) is 8.06. The van der Waals surface area contributed by atoms with Crippen LogP contribution in [0.2, 0.25) is 0 Å². The van der Waals surface area contributed by atoms with Crippen molar-refractivity contribution in [2.75, 3.05) is 11.9 Å². The van der Waals surface area contributed by atoms with Crippen LogP contribution in [0.4, 0.5) is 5.82 Å². The van der Waals surface area contributed by atoms with Gasteiger partial charge < -0.3 is 10.1 Å².